The number of halogens is 4. The Bertz CT molecular complexity index is 1140. The van der Waals surface area contributed by atoms with Crippen molar-refractivity contribution in [3.8, 4) is 11.5 Å². The van der Waals surface area contributed by atoms with Gasteiger partial charge in [-0.05, 0) is 12.1 Å². The third-order valence-electron chi connectivity index (χ3n) is 3.91. The summed E-state index contributed by atoms with van der Waals surface area (Å²) in [6, 6.07) is 6.05. The zero-order chi connectivity index (χ0) is 22.7. The summed E-state index contributed by atoms with van der Waals surface area (Å²) in [7, 11) is 1.29. The molecule has 0 unspecified atom stereocenters. The molecule has 1 N–H and O–H groups in total. The first-order chi connectivity index (χ1) is 14.7. The molecule has 0 saturated heterocycles. The Hall–Kier alpha value is -4.09. The highest BCUT2D eigenvalue weighted by molar-refractivity contribution is 6.02. The minimum atomic E-state index is -1.72. The van der Waals surface area contributed by atoms with E-state index in [1.807, 2.05) is 0 Å². The summed E-state index contributed by atoms with van der Waals surface area (Å²) in [5.74, 6) is -9.02. The van der Waals surface area contributed by atoms with Crippen LogP contribution in [0, 0.1) is 33.4 Å². The van der Waals surface area contributed by atoms with Crippen LogP contribution in [-0.4, -0.2) is 17.9 Å². The van der Waals surface area contributed by atoms with Crippen molar-refractivity contribution in [2.45, 2.75) is 6.61 Å². The molecule has 0 bridgehead atoms. The number of carbonyl (C=O) groups is 1. The quantitative estimate of drug-likeness (QED) is 0.250. The molecule has 0 saturated carbocycles. The van der Waals surface area contributed by atoms with Gasteiger partial charge in [-0.15, -0.1) is 0 Å². The molecule has 3 rings (SSSR count). The number of nitro benzene ring substituents is 1. The Morgan fingerprint density at radius 1 is 1.10 bits per heavy atom. The Morgan fingerprint density at radius 2 is 1.77 bits per heavy atom. The molecule has 1 heterocycles. The van der Waals surface area contributed by atoms with E-state index in [0.717, 1.165) is 12.1 Å². The average molecular weight is 440 g/mol. The van der Waals surface area contributed by atoms with Gasteiger partial charge in [0.15, 0.2) is 23.1 Å². The van der Waals surface area contributed by atoms with Crippen LogP contribution in [0.4, 0.5) is 28.9 Å². The molecule has 0 fully saturated rings. The lowest BCUT2D eigenvalue weighted by Gasteiger charge is -2.08. The van der Waals surface area contributed by atoms with Crippen molar-refractivity contribution in [3.63, 3.8) is 0 Å². The molecule has 12 heteroatoms. The van der Waals surface area contributed by atoms with Crippen molar-refractivity contribution >= 4 is 17.3 Å². The Morgan fingerprint density at radius 3 is 2.39 bits per heavy atom. The largest absolute Gasteiger partial charge is 0.496 e. The second-order valence-corrected chi connectivity index (χ2v) is 5.98. The van der Waals surface area contributed by atoms with Crippen molar-refractivity contribution in [2.75, 3.05) is 12.4 Å². The molecule has 0 aliphatic heterocycles. The van der Waals surface area contributed by atoms with Crippen LogP contribution in [0.5, 0.6) is 11.5 Å². The predicted molar refractivity (Wildman–Crippen MR) is 96.9 cm³/mol. The first-order valence-electron chi connectivity index (χ1n) is 8.39. The van der Waals surface area contributed by atoms with E-state index in [9.17, 15) is 32.5 Å². The van der Waals surface area contributed by atoms with Gasteiger partial charge in [0.2, 0.25) is 11.6 Å². The highest BCUT2D eigenvalue weighted by atomic mass is 19.2. The number of rotatable bonds is 7. The van der Waals surface area contributed by atoms with Crippen molar-refractivity contribution in [1.29, 1.82) is 0 Å². The molecule has 1 aromatic heterocycles. The standard InChI is InChI=1S/C19H12F4N2O6/c1-29-12-5-9(4-10(6-12)25(27)28)24-19(26)15-3-2-11(31-15)8-30-18-16(22)13(20)7-14(21)17(18)23/h2-7H,8H2,1H3,(H,24,26). The summed E-state index contributed by atoms with van der Waals surface area (Å²) in [4.78, 5) is 22.6. The summed E-state index contributed by atoms with van der Waals surface area (Å²) in [6.45, 7) is -0.644. The molecule has 2 aromatic carbocycles. The number of anilines is 1. The second-order valence-electron chi connectivity index (χ2n) is 5.98. The maximum atomic E-state index is 13.6. The fourth-order valence-corrected chi connectivity index (χ4v) is 2.47. The maximum Gasteiger partial charge on any atom is 0.291 e. The molecule has 1 amide bonds. The normalized spacial score (nSPS) is 10.6. The van der Waals surface area contributed by atoms with E-state index >= 15 is 0 Å². The third-order valence-corrected chi connectivity index (χ3v) is 3.91. The van der Waals surface area contributed by atoms with E-state index in [0.29, 0.717) is 0 Å². The van der Waals surface area contributed by atoms with Crippen LogP contribution in [0.3, 0.4) is 0 Å². The molecular weight excluding hydrogens is 428 g/mol. The number of hydrogen-bond donors (Lipinski definition) is 1. The maximum absolute atomic E-state index is 13.6. The van der Waals surface area contributed by atoms with Gasteiger partial charge in [0, 0.05) is 18.2 Å². The number of carbonyl (C=O) groups excluding carboxylic acids is 1. The lowest BCUT2D eigenvalue weighted by molar-refractivity contribution is -0.384. The molecule has 31 heavy (non-hydrogen) atoms. The molecule has 0 aliphatic rings. The number of nitrogens with one attached hydrogen (secondary N) is 1. The fraction of sp³-hybridized carbons (Fsp3) is 0.105. The summed E-state index contributed by atoms with van der Waals surface area (Å²) >= 11 is 0. The summed E-state index contributed by atoms with van der Waals surface area (Å²) in [5, 5.41) is 13.3. The molecule has 162 valence electrons. The Kier molecular flexibility index (Phi) is 6.09. The summed E-state index contributed by atoms with van der Waals surface area (Å²) in [6.07, 6.45) is 0. The van der Waals surface area contributed by atoms with E-state index in [1.54, 1.807) is 0 Å². The average Bonchev–Trinajstić information content (AvgIpc) is 3.21. The SMILES string of the molecule is COc1cc(NC(=O)c2ccc(COc3c(F)c(F)cc(F)c3F)o2)cc([N+](=O)[O-])c1. The molecule has 3 aromatic rings. The van der Waals surface area contributed by atoms with E-state index in [1.165, 1.54) is 25.3 Å². The van der Waals surface area contributed by atoms with E-state index in [-0.39, 0.29) is 34.7 Å². The zero-order valence-corrected chi connectivity index (χ0v) is 15.6. The monoisotopic (exact) mass is 440 g/mol. The van der Waals surface area contributed by atoms with Crippen LogP contribution in [-0.2, 0) is 6.61 Å². The van der Waals surface area contributed by atoms with Crippen molar-refractivity contribution in [1.82, 2.24) is 0 Å². The zero-order valence-electron chi connectivity index (χ0n) is 15.6. The molecule has 0 radical (unpaired) electrons. The van der Waals surface area contributed by atoms with Gasteiger partial charge >= 0.3 is 0 Å². The number of amides is 1. The Labute approximate surface area is 171 Å². The molecular formula is C19H12F4N2O6. The van der Waals surface area contributed by atoms with Crippen LogP contribution < -0.4 is 14.8 Å². The van der Waals surface area contributed by atoms with E-state index < -0.39 is 46.5 Å². The van der Waals surface area contributed by atoms with Crippen LogP contribution in [0.1, 0.15) is 16.3 Å². The first kappa shape index (κ1) is 21.6. The van der Waals surface area contributed by atoms with Gasteiger partial charge in [0.1, 0.15) is 18.1 Å². The van der Waals surface area contributed by atoms with Gasteiger partial charge < -0.3 is 19.2 Å². The number of methoxy groups -OCH3 is 1. The summed E-state index contributed by atoms with van der Waals surface area (Å²) < 4.78 is 68.5. The smallest absolute Gasteiger partial charge is 0.291 e. The van der Waals surface area contributed by atoms with Gasteiger partial charge in [-0.2, -0.15) is 8.78 Å². The number of furan rings is 1. The molecule has 0 spiro atoms. The van der Waals surface area contributed by atoms with Crippen molar-refractivity contribution < 1.29 is 41.2 Å². The highest BCUT2D eigenvalue weighted by Crippen LogP contribution is 2.28. The van der Waals surface area contributed by atoms with E-state index in [2.05, 4.69) is 5.32 Å². The number of benzene rings is 2. The number of non-ortho nitro benzene ring substituents is 1. The van der Waals surface area contributed by atoms with Crippen LogP contribution in [0.15, 0.2) is 40.8 Å². The lowest BCUT2D eigenvalue weighted by Crippen LogP contribution is -2.11. The van der Waals surface area contributed by atoms with Gasteiger partial charge in [0.05, 0.1) is 23.8 Å². The van der Waals surface area contributed by atoms with Crippen molar-refractivity contribution in [2.24, 2.45) is 0 Å². The van der Waals surface area contributed by atoms with Gasteiger partial charge in [-0.3, -0.25) is 14.9 Å². The Balaban J connectivity index is 1.72. The van der Waals surface area contributed by atoms with Gasteiger partial charge in [-0.1, -0.05) is 0 Å². The second kappa shape index (κ2) is 8.73. The fourth-order valence-electron chi connectivity index (χ4n) is 2.47. The number of hydrogen-bond acceptors (Lipinski definition) is 6. The molecule has 0 aliphatic carbocycles. The molecule has 0 atom stereocenters. The number of nitrogens with zero attached hydrogens (tertiary/aromatic N) is 1. The minimum Gasteiger partial charge on any atom is -0.496 e. The number of ether oxygens (including phenoxy) is 2. The third kappa shape index (κ3) is 4.74. The number of nitro groups is 1. The van der Waals surface area contributed by atoms with E-state index in [4.69, 9.17) is 13.9 Å². The highest BCUT2D eigenvalue weighted by Gasteiger charge is 2.21. The van der Waals surface area contributed by atoms with Crippen molar-refractivity contribution in [3.05, 3.63) is 81.3 Å². The minimum absolute atomic E-state index is 0.0375. The van der Waals surface area contributed by atoms with Gasteiger partial charge in [-0.25, -0.2) is 8.78 Å². The predicted octanol–water partition coefficient (Wildman–Crippen LogP) is 4.58. The topological polar surface area (TPSA) is 104 Å². The summed E-state index contributed by atoms with van der Waals surface area (Å²) in [5.41, 5.74) is -0.279. The van der Waals surface area contributed by atoms with Crippen LogP contribution >= 0.6 is 0 Å². The van der Waals surface area contributed by atoms with Gasteiger partial charge in [0.25, 0.3) is 11.6 Å². The first-order valence-corrected chi connectivity index (χ1v) is 8.39. The molecule has 8 nitrogen and oxygen atoms in total. The van der Waals surface area contributed by atoms with Crippen LogP contribution in [0.25, 0.3) is 0 Å². The lowest BCUT2D eigenvalue weighted by atomic mass is 10.2. The van der Waals surface area contributed by atoms with Crippen LogP contribution in [0.2, 0.25) is 0 Å².